The fourth-order valence-electron chi connectivity index (χ4n) is 11.4. The van der Waals surface area contributed by atoms with Gasteiger partial charge in [0.15, 0.2) is 12.2 Å². The fourth-order valence-corrected chi connectivity index (χ4v) is 13.0. The first-order valence-electron chi connectivity index (χ1n) is 39.7. The van der Waals surface area contributed by atoms with Crippen LogP contribution in [0.2, 0.25) is 0 Å². The van der Waals surface area contributed by atoms with Crippen LogP contribution in [0.4, 0.5) is 0 Å². The van der Waals surface area contributed by atoms with Gasteiger partial charge in [-0.05, 0) is 69.1 Å². The average molecular weight is 1420 g/mol. The van der Waals surface area contributed by atoms with Gasteiger partial charge in [0.2, 0.25) is 0 Å². The quantitative estimate of drug-likeness (QED) is 0.0169. The second-order valence-corrected chi connectivity index (χ2v) is 31.5. The standard InChI is InChI=1S/C78H148O17P2/c1-8-10-11-12-13-14-15-16-18-22-25-32-39-47-54-61-77(82)94-73(65-88-75(80)59-52-45-38-31-28-27-30-37-44-51-58-71(7)9-2)67-92-96(84,85)90-63-72(79)64-91-97(86,87)93-68-74(66-89-76(81)60-53-46-41-34-36-43-50-57-70(5)6)95-78(83)62-55-48-40-33-26-23-20-17-19-21-24-29-35-42-49-56-69(3)4/h14-16,18,69-74,79H,8-13,17,19-68H2,1-7H3,(H,84,85)(H,86,87)/b15-14-,18-16-/t71?,72?,73-,74-/m1/s1. The van der Waals surface area contributed by atoms with Crippen LogP contribution in [0.1, 0.15) is 376 Å². The molecule has 0 aliphatic rings. The topological polar surface area (TPSA) is 237 Å². The van der Waals surface area contributed by atoms with Crippen LogP contribution in [-0.2, 0) is 65.4 Å². The molecule has 97 heavy (non-hydrogen) atoms. The molecule has 0 aliphatic heterocycles. The molecule has 0 aliphatic carbocycles. The van der Waals surface area contributed by atoms with E-state index in [0.717, 1.165) is 121 Å². The third-order valence-electron chi connectivity index (χ3n) is 17.9. The summed E-state index contributed by atoms with van der Waals surface area (Å²) in [6, 6.07) is 0. The van der Waals surface area contributed by atoms with E-state index in [-0.39, 0.29) is 25.7 Å². The Labute approximate surface area is 592 Å². The molecule has 0 spiro atoms. The molecular formula is C78H148O17P2. The molecule has 0 aromatic heterocycles. The number of carbonyl (C=O) groups excluding carboxylic acids is 4. The zero-order valence-corrected chi connectivity index (χ0v) is 64.8. The van der Waals surface area contributed by atoms with Crippen molar-refractivity contribution >= 4 is 39.5 Å². The van der Waals surface area contributed by atoms with Crippen molar-refractivity contribution in [2.24, 2.45) is 17.8 Å². The third-order valence-corrected chi connectivity index (χ3v) is 19.8. The summed E-state index contributed by atoms with van der Waals surface area (Å²) < 4.78 is 68.5. The monoisotopic (exact) mass is 1420 g/mol. The number of hydrogen-bond acceptors (Lipinski definition) is 15. The Balaban J connectivity index is 5.28. The number of phosphoric ester groups is 2. The normalized spacial score (nSPS) is 14.5. The van der Waals surface area contributed by atoms with Gasteiger partial charge in [0.05, 0.1) is 26.4 Å². The van der Waals surface area contributed by atoms with Gasteiger partial charge in [-0.2, -0.15) is 0 Å². The Morgan fingerprint density at radius 3 is 0.918 bits per heavy atom. The van der Waals surface area contributed by atoms with Crippen LogP contribution >= 0.6 is 15.6 Å². The van der Waals surface area contributed by atoms with E-state index in [9.17, 15) is 43.2 Å². The van der Waals surface area contributed by atoms with E-state index in [2.05, 4.69) is 72.8 Å². The predicted octanol–water partition coefficient (Wildman–Crippen LogP) is 22.5. The fraction of sp³-hybridized carbons (Fsp3) is 0.897. The van der Waals surface area contributed by atoms with Crippen molar-refractivity contribution < 1.29 is 80.2 Å². The Morgan fingerprint density at radius 1 is 0.340 bits per heavy atom. The van der Waals surface area contributed by atoms with Crippen molar-refractivity contribution in [2.45, 2.75) is 394 Å². The summed E-state index contributed by atoms with van der Waals surface area (Å²) in [6.45, 7) is 11.8. The Kier molecular flexibility index (Phi) is 66.3. The summed E-state index contributed by atoms with van der Waals surface area (Å²) >= 11 is 0. The Hall–Kier alpha value is -2.46. The molecule has 4 unspecified atom stereocenters. The second kappa shape index (κ2) is 68.0. The number of esters is 4. The van der Waals surface area contributed by atoms with Crippen molar-refractivity contribution in [1.29, 1.82) is 0 Å². The molecule has 0 bridgehead atoms. The zero-order chi connectivity index (χ0) is 71.6. The van der Waals surface area contributed by atoms with Gasteiger partial charge in [0.25, 0.3) is 0 Å². The maximum absolute atomic E-state index is 13.1. The molecule has 0 aromatic rings. The summed E-state index contributed by atoms with van der Waals surface area (Å²) in [7, 11) is -9.93. The highest BCUT2D eigenvalue weighted by atomic mass is 31.2. The van der Waals surface area contributed by atoms with Crippen molar-refractivity contribution in [2.75, 3.05) is 39.6 Å². The largest absolute Gasteiger partial charge is 0.472 e. The lowest BCUT2D eigenvalue weighted by molar-refractivity contribution is -0.161. The van der Waals surface area contributed by atoms with Crippen LogP contribution in [0.3, 0.4) is 0 Å². The van der Waals surface area contributed by atoms with Gasteiger partial charge in [0.1, 0.15) is 19.3 Å². The number of aliphatic hydroxyl groups is 1. The minimum Gasteiger partial charge on any atom is -0.462 e. The van der Waals surface area contributed by atoms with Gasteiger partial charge in [-0.3, -0.25) is 37.3 Å². The molecule has 3 N–H and O–H groups in total. The van der Waals surface area contributed by atoms with E-state index in [4.69, 9.17) is 37.0 Å². The maximum atomic E-state index is 13.1. The first kappa shape index (κ1) is 94.5. The lowest BCUT2D eigenvalue weighted by atomic mass is 9.99. The average Bonchev–Trinajstić information content (AvgIpc) is 2.39. The highest BCUT2D eigenvalue weighted by Gasteiger charge is 2.30. The minimum atomic E-state index is -4.97. The molecule has 572 valence electrons. The van der Waals surface area contributed by atoms with Gasteiger partial charge in [0, 0.05) is 25.7 Å². The number of phosphoric acid groups is 2. The predicted molar refractivity (Wildman–Crippen MR) is 395 cm³/mol. The number of allylic oxidation sites excluding steroid dienone is 4. The van der Waals surface area contributed by atoms with Gasteiger partial charge < -0.3 is 33.8 Å². The molecule has 6 atom stereocenters. The van der Waals surface area contributed by atoms with Crippen LogP contribution in [0.15, 0.2) is 24.3 Å². The molecule has 19 heteroatoms. The highest BCUT2D eigenvalue weighted by Crippen LogP contribution is 2.45. The number of rotatable bonds is 74. The van der Waals surface area contributed by atoms with Gasteiger partial charge in [-0.15, -0.1) is 0 Å². The number of aliphatic hydroxyl groups excluding tert-OH is 1. The third kappa shape index (κ3) is 70.4. The Morgan fingerprint density at radius 2 is 0.608 bits per heavy atom. The molecule has 17 nitrogen and oxygen atoms in total. The lowest BCUT2D eigenvalue weighted by Crippen LogP contribution is -2.30. The maximum Gasteiger partial charge on any atom is 0.472 e. The Bertz CT molecular complexity index is 1980. The summed E-state index contributed by atoms with van der Waals surface area (Å²) in [5, 5.41) is 10.6. The minimum absolute atomic E-state index is 0.0846. The van der Waals surface area contributed by atoms with E-state index >= 15 is 0 Å². The van der Waals surface area contributed by atoms with Crippen LogP contribution < -0.4 is 0 Å². The number of carbonyl (C=O) groups is 4. The first-order valence-corrected chi connectivity index (χ1v) is 42.7. The molecule has 0 fully saturated rings. The molecule has 0 saturated heterocycles. The molecule has 0 aromatic carbocycles. The molecule has 0 amide bonds. The summed E-state index contributed by atoms with van der Waals surface area (Å²) in [5.41, 5.74) is 0. The second-order valence-electron chi connectivity index (χ2n) is 28.6. The summed E-state index contributed by atoms with van der Waals surface area (Å²) in [6.07, 6.45) is 57.7. The van der Waals surface area contributed by atoms with Crippen LogP contribution in [-0.4, -0.2) is 96.7 Å². The van der Waals surface area contributed by atoms with Crippen LogP contribution in [0, 0.1) is 17.8 Å². The van der Waals surface area contributed by atoms with Gasteiger partial charge in [-0.1, -0.05) is 323 Å². The van der Waals surface area contributed by atoms with Crippen molar-refractivity contribution in [3.63, 3.8) is 0 Å². The molecule has 0 heterocycles. The lowest BCUT2D eigenvalue weighted by Gasteiger charge is -2.21. The molecular weight excluding hydrogens is 1270 g/mol. The molecule has 0 rings (SSSR count). The van der Waals surface area contributed by atoms with E-state index in [1.54, 1.807) is 0 Å². The van der Waals surface area contributed by atoms with Crippen molar-refractivity contribution in [1.82, 2.24) is 0 Å². The smallest absolute Gasteiger partial charge is 0.462 e. The van der Waals surface area contributed by atoms with E-state index < -0.39 is 97.5 Å². The number of unbranched alkanes of at least 4 members (excludes halogenated alkanes) is 38. The molecule has 0 radical (unpaired) electrons. The van der Waals surface area contributed by atoms with Crippen LogP contribution in [0.25, 0.3) is 0 Å². The van der Waals surface area contributed by atoms with E-state index in [1.165, 1.54) is 167 Å². The van der Waals surface area contributed by atoms with Gasteiger partial charge >= 0.3 is 39.5 Å². The number of ether oxygens (including phenoxy) is 4. The van der Waals surface area contributed by atoms with Crippen molar-refractivity contribution in [3.8, 4) is 0 Å². The molecule has 0 saturated carbocycles. The first-order chi connectivity index (χ1) is 46.8. The zero-order valence-electron chi connectivity index (χ0n) is 63.0. The van der Waals surface area contributed by atoms with Crippen molar-refractivity contribution in [3.05, 3.63) is 24.3 Å². The highest BCUT2D eigenvalue weighted by molar-refractivity contribution is 7.47. The SMILES string of the molecule is CCCCCC/C=C\C=C/CCCCCCCC(=O)O[C@H](COC(=O)CCCCCCCCCCCCC(C)CC)COP(=O)(O)OCC(O)COP(=O)(O)OC[C@@H](COC(=O)CCCCCCCCCC(C)C)OC(=O)CCCCCCCCCCCCCCCCCC(C)C. The van der Waals surface area contributed by atoms with Gasteiger partial charge in [-0.25, -0.2) is 9.13 Å². The van der Waals surface area contributed by atoms with E-state index in [1.807, 2.05) is 0 Å². The number of hydrogen-bond donors (Lipinski definition) is 3. The van der Waals surface area contributed by atoms with E-state index in [0.29, 0.717) is 31.6 Å². The summed E-state index contributed by atoms with van der Waals surface area (Å²) in [5.74, 6) is 0.165. The van der Waals surface area contributed by atoms with Crippen LogP contribution in [0.5, 0.6) is 0 Å². The summed E-state index contributed by atoms with van der Waals surface area (Å²) in [4.78, 5) is 72.9.